The maximum absolute atomic E-state index is 14.2. The molecule has 0 amide bonds. The normalized spacial score (nSPS) is 13.4. The van der Waals surface area contributed by atoms with Gasteiger partial charge in [-0.1, -0.05) is 6.08 Å². The number of esters is 1. The van der Waals surface area contributed by atoms with Crippen molar-refractivity contribution >= 4 is 29.2 Å². The Balaban J connectivity index is 1.46. The molecule has 0 radical (unpaired) electrons. The fourth-order valence-electron chi connectivity index (χ4n) is 3.36. The van der Waals surface area contributed by atoms with Crippen LogP contribution in [0, 0.1) is 11.6 Å². The number of hydrogen-bond acceptors (Lipinski definition) is 6. The van der Waals surface area contributed by atoms with Gasteiger partial charge in [0.15, 0.2) is 0 Å². The Kier molecular flexibility index (Phi) is 6.90. The highest BCUT2D eigenvalue weighted by Gasteiger charge is 2.17. The van der Waals surface area contributed by atoms with Crippen LogP contribution >= 0.6 is 11.9 Å². The summed E-state index contributed by atoms with van der Waals surface area (Å²) in [6.07, 6.45) is 4.49. The molecule has 2 aromatic carbocycles. The molecular formula is C24H20F2N2O4S. The van der Waals surface area contributed by atoms with E-state index < -0.39 is 23.2 Å². The number of pyridine rings is 1. The van der Waals surface area contributed by atoms with Crippen LogP contribution in [0.2, 0.25) is 0 Å². The number of ether oxygens (including phenoxy) is 2. The second-order valence-electron chi connectivity index (χ2n) is 7.18. The predicted molar refractivity (Wildman–Crippen MR) is 123 cm³/mol. The van der Waals surface area contributed by atoms with Crippen LogP contribution in [-0.4, -0.2) is 30.9 Å². The van der Waals surface area contributed by atoms with Gasteiger partial charge in [0.05, 0.1) is 31.6 Å². The second-order valence-corrected chi connectivity index (χ2v) is 8.06. The van der Waals surface area contributed by atoms with E-state index in [9.17, 15) is 18.4 Å². The lowest BCUT2D eigenvalue weighted by atomic mass is 10.0. The molecule has 170 valence electrons. The summed E-state index contributed by atoms with van der Waals surface area (Å²) in [6, 6.07) is 12.2. The van der Waals surface area contributed by atoms with Crippen LogP contribution in [0.15, 0.2) is 70.5 Å². The maximum Gasteiger partial charge on any atom is 0.340 e. The number of nitrogens with one attached hydrogen (secondary N) is 1. The standard InChI is InChI=1S/C24H20F2N2O4S/c1-31-24(30)19-13-21(26)22(14-20(19)25)27-33-18-4-2-17(3-5-18)28-9-6-16(12-23(28)29)15-7-10-32-11-8-15/h2-7,9,12-14,27H,8,10-11H2,1H3. The molecule has 0 bridgehead atoms. The van der Waals surface area contributed by atoms with Crippen molar-refractivity contribution in [2.75, 3.05) is 25.0 Å². The number of benzene rings is 2. The molecule has 0 saturated heterocycles. The third-order valence-corrected chi connectivity index (χ3v) is 5.94. The molecule has 4 rings (SSSR count). The van der Waals surface area contributed by atoms with Gasteiger partial charge in [0, 0.05) is 28.9 Å². The fraction of sp³-hybridized carbons (Fsp3) is 0.167. The molecule has 0 unspecified atom stereocenters. The van der Waals surface area contributed by atoms with Gasteiger partial charge in [-0.25, -0.2) is 13.6 Å². The lowest BCUT2D eigenvalue weighted by molar-refractivity contribution is 0.0595. The third-order valence-electron chi connectivity index (χ3n) is 5.11. The van der Waals surface area contributed by atoms with Gasteiger partial charge in [0.1, 0.15) is 11.6 Å². The Bertz CT molecular complexity index is 1270. The van der Waals surface area contributed by atoms with Gasteiger partial charge in [0.2, 0.25) is 0 Å². The molecule has 0 atom stereocenters. The summed E-state index contributed by atoms with van der Waals surface area (Å²) in [7, 11) is 1.09. The van der Waals surface area contributed by atoms with Gasteiger partial charge < -0.3 is 14.2 Å². The van der Waals surface area contributed by atoms with Crippen LogP contribution in [0.25, 0.3) is 11.3 Å². The van der Waals surface area contributed by atoms with Gasteiger partial charge >= 0.3 is 5.97 Å². The fourth-order valence-corrected chi connectivity index (χ4v) is 4.02. The highest BCUT2D eigenvalue weighted by Crippen LogP contribution is 2.27. The summed E-state index contributed by atoms with van der Waals surface area (Å²) in [4.78, 5) is 24.8. The first-order valence-electron chi connectivity index (χ1n) is 10.1. The molecule has 0 aliphatic carbocycles. The van der Waals surface area contributed by atoms with Crippen molar-refractivity contribution in [3.8, 4) is 5.69 Å². The number of hydrogen-bond donors (Lipinski definition) is 1. The van der Waals surface area contributed by atoms with E-state index in [-0.39, 0.29) is 11.2 Å². The Morgan fingerprint density at radius 3 is 2.58 bits per heavy atom. The molecule has 2 heterocycles. The Morgan fingerprint density at radius 2 is 1.91 bits per heavy atom. The molecular weight excluding hydrogens is 450 g/mol. The van der Waals surface area contributed by atoms with Crippen molar-refractivity contribution in [2.24, 2.45) is 0 Å². The molecule has 9 heteroatoms. The summed E-state index contributed by atoms with van der Waals surface area (Å²) < 4.78 is 42.3. The van der Waals surface area contributed by atoms with Crippen molar-refractivity contribution in [1.29, 1.82) is 0 Å². The SMILES string of the molecule is COC(=O)c1cc(F)c(NSc2ccc(-n3ccc(C4=CCOCC4)cc3=O)cc2)cc1F. The van der Waals surface area contributed by atoms with E-state index in [0.29, 0.717) is 23.8 Å². The topological polar surface area (TPSA) is 69.6 Å². The summed E-state index contributed by atoms with van der Waals surface area (Å²) in [5, 5.41) is 0. The van der Waals surface area contributed by atoms with Crippen LogP contribution in [0.5, 0.6) is 0 Å². The molecule has 0 fully saturated rings. The Labute approximate surface area is 193 Å². The van der Waals surface area contributed by atoms with Gasteiger partial charge in [-0.3, -0.25) is 9.36 Å². The summed E-state index contributed by atoms with van der Waals surface area (Å²) in [5.41, 5.74) is 1.94. The first-order chi connectivity index (χ1) is 16.0. The molecule has 33 heavy (non-hydrogen) atoms. The first kappa shape index (κ1) is 22.8. The van der Waals surface area contributed by atoms with Crippen molar-refractivity contribution in [3.05, 3.63) is 93.9 Å². The van der Waals surface area contributed by atoms with E-state index in [0.717, 1.165) is 48.7 Å². The molecule has 6 nitrogen and oxygen atoms in total. The van der Waals surface area contributed by atoms with E-state index in [1.54, 1.807) is 36.5 Å². The largest absolute Gasteiger partial charge is 0.465 e. The number of halogens is 2. The van der Waals surface area contributed by atoms with Crippen molar-refractivity contribution in [1.82, 2.24) is 4.57 Å². The van der Waals surface area contributed by atoms with Crippen molar-refractivity contribution in [2.45, 2.75) is 11.3 Å². The third kappa shape index (κ3) is 5.15. The van der Waals surface area contributed by atoms with E-state index in [1.165, 1.54) is 4.57 Å². The van der Waals surface area contributed by atoms with Crippen LogP contribution < -0.4 is 10.3 Å². The molecule has 0 spiro atoms. The zero-order valence-electron chi connectivity index (χ0n) is 17.6. The zero-order chi connectivity index (χ0) is 23.4. The zero-order valence-corrected chi connectivity index (χ0v) is 18.5. The van der Waals surface area contributed by atoms with E-state index >= 15 is 0 Å². The average molecular weight is 470 g/mol. The maximum atomic E-state index is 14.2. The van der Waals surface area contributed by atoms with Gasteiger partial charge in [-0.05, 0) is 65.9 Å². The van der Waals surface area contributed by atoms with Crippen LogP contribution in [-0.2, 0) is 9.47 Å². The predicted octanol–water partition coefficient (Wildman–Crippen LogP) is 4.83. The summed E-state index contributed by atoms with van der Waals surface area (Å²) in [6.45, 7) is 1.20. The number of rotatable bonds is 6. The van der Waals surface area contributed by atoms with E-state index in [4.69, 9.17) is 4.74 Å². The monoisotopic (exact) mass is 470 g/mol. The van der Waals surface area contributed by atoms with Crippen LogP contribution in [0.3, 0.4) is 0 Å². The lowest BCUT2D eigenvalue weighted by Crippen LogP contribution is -2.17. The number of methoxy groups -OCH3 is 1. The number of anilines is 1. The molecule has 1 aliphatic rings. The number of carbonyl (C=O) groups is 1. The average Bonchev–Trinajstić information content (AvgIpc) is 2.84. The quantitative estimate of drug-likeness (QED) is 0.411. The molecule has 0 saturated carbocycles. The lowest BCUT2D eigenvalue weighted by Gasteiger charge is -2.14. The molecule has 1 N–H and O–H groups in total. The minimum Gasteiger partial charge on any atom is -0.465 e. The molecule has 3 aromatic rings. The highest BCUT2D eigenvalue weighted by molar-refractivity contribution is 8.00. The summed E-state index contributed by atoms with van der Waals surface area (Å²) in [5.74, 6) is -2.62. The Hall–Kier alpha value is -3.43. The minimum atomic E-state index is -0.950. The summed E-state index contributed by atoms with van der Waals surface area (Å²) >= 11 is 1.07. The van der Waals surface area contributed by atoms with Gasteiger partial charge in [0.25, 0.3) is 5.56 Å². The Morgan fingerprint density at radius 1 is 1.12 bits per heavy atom. The van der Waals surface area contributed by atoms with Gasteiger partial charge in [-0.2, -0.15) is 0 Å². The van der Waals surface area contributed by atoms with Gasteiger partial charge in [-0.15, -0.1) is 0 Å². The number of carbonyl (C=O) groups excluding carboxylic acids is 1. The number of aromatic nitrogens is 1. The van der Waals surface area contributed by atoms with Crippen molar-refractivity contribution < 1.29 is 23.0 Å². The second kappa shape index (κ2) is 10.0. The molecule has 1 aromatic heterocycles. The smallest absolute Gasteiger partial charge is 0.340 e. The number of nitrogens with zero attached hydrogens (tertiary/aromatic N) is 1. The van der Waals surface area contributed by atoms with Crippen LogP contribution in [0.4, 0.5) is 14.5 Å². The van der Waals surface area contributed by atoms with Crippen molar-refractivity contribution in [3.63, 3.8) is 0 Å². The van der Waals surface area contributed by atoms with Crippen LogP contribution in [0.1, 0.15) is 22.3 Å². The molecule has 1 aliphatic heterocycles. The van der Waals surface area contributed by atoms with E-state index in [1.807, 2.05) is 12.1 Å². The minimum absolute atomic E-state index is 0.108. The van der Waals surface area contributed by atoms with E-state index in [2.05, 4.69) is 9.46 Å². The highest BCUT2D eigenvalue weighted by atomic mass is 32.2. The first-order valence-corrected chi connectivity index (χ1v) is 10.9.